The van der Waals surface area contributed by atoms with Gasteiger partial charge in [-0.2, -0.15) is 0 Å². The smallest absolute Gasteiger partial charge is 0.337 e. The highest BCUT2D eigenvalue weighted by Crippen LogP contribution is 2.29. The summed E-state index contributed by atoms with van der Waals surface area (Å²) in [6.45, 7) is 5.59. The molecule has 1 aromatic carbocycles. The van der Waals surface area contributed by atoms with Crippen LogP contribution in [-0.2, 0) is 4.74 Å². The molecule has 3 rings (SSSR count). The minimum Gasteiger partial charge on any atom is -0.478 e. The zero-order valence-electron chi connectivity index (χ0n) is 12.1. The predicted molar refractivity (Wildman–Crippen MR) is 80.9 cm³/mol. The second-order valence-electron chi connectivity index (χ2n) is 5.51. The number of pyridine rings is 1. The molecule has 0 spiro atoms. The Balaban J connectivity index is 2.11. The summed E-state index contributed by atoms with van der Waals surface area (Å²) in [4.78, 5) is 17.9. The Morgan fingerprint density at radius 2 is 1.86 bits per heavy atom. The number of morpholine rings is 1. The first-order chi connectivity index (χ1) is 10.1. The predicted octanol–water partition coefficient (Wildman–Crippen LogP) is 2.55. The van der Waals surface area contributed by atoms with E-state index in [4.69, 9.17) is 4.74 Å². The standard InChI is InChI=1S/C16H18N2O3/c1-10-8-18(9-11(2)21-10)15-13-6-4-3-5-12(13)14(7-17-15)16(19)20/h3-7,10-11H,8-9H2,1-2H3,(H,19,20)/t10-,11+. The second-order valence-corrected chi connectivity index (χ2v) is 5.51. The van der Waals surface area contributed by atoms with Crippen LogP contribution in [0.3, 0.4) is 0 Å². The highest BCUT2D eigenvalue weighted by molar-refractivity contribution is 6.06. The summed E-state index contributed by atoms with van der Waals surface area (Å²) in [6.07, 6.45) is 1.71. The molecule has 0 saturated carbocycles. The summed E-state index contributed by atoms with van der Waals surface area (Å²) in [5.41, 5.74) is 0.240. The first kappa shape index (κ1) is 13.8. The van der Waals surface area contributed by atoms with Gasteiger partial charge >= 0.3 is 5.97 Å². The van der Waals surface area contributed by atoms with E-state index in [9.17, 15) is 9.90 Å². The third kappa shape index (κ3) is 2.56. The molecule has 2 aromatic rings. The van der Waals surface area contributed by atoms with Gasteiger partial charge in [-0.1, -0.05) is 24.3 Å². The quantitative estimate of drug-likeness (QED) is 0.919. The van der Waals surface area contributed by atoms with Crippen LogP contribution < -0.4 is 4.90 Å². The van der Waals surface area contributed by atoms with Crippen molar-refractivity contribution in [2.75, 3.05) is 18.0 Å². The zero-order valence-corrected chi connectivity index (χ0v) is 12.1. The van der Waals surface area contributed by atoms with Gasteiger partial charge in [-0.15, -0.1) is 0 Å². The van der Waals surface area contributed by atoms with Crippen molar-refractivity contribution < 1.29 is 14.6 Å². The van der Waals surface area contributed by atoms with Gasteiger partial charge in [0.05, 0.1) is 17.8 Å². The Labute approximate surface area is 123 Å². The lowest BCUT2D eigenvalue weighted by atomic mass is 10.1. The Morgan fingerprint density at radius 1 is 1.24 bits per heavy atom. The van der Waals surface area contributed by atoms with Crippen LogP contribution in [0.5, 0.6) is 0 Å². The number of carbonyl (C=O) groups is 1. The molecule has 0 amide bonds. The van der Waals surface area contributed by atoms with Crippen molar-refractivity contribution in [3.8, 4) is 0 Å². The third-order valence-electron chi connectivity index (χ3n) is 3.72. The van der Waals surface area contributed by atoms with Crippen LogP contribution in [0.2, 0.25) is 0 Å². The molecule has 1 aromatic heterocycles. The molecule has 5 nitrogen and oxygen atoms in total. The van der Waals surface area contributed by atoms with E-state index in [2.05, 4.69) is 9.88 Å². The van der Waals surface area contributed by atoms with E-state index in [1.165, 1.54) is 6.20 Å². The maximum atomic E-state index is 11.3. The van der Waals surface area contributed by atoms with Crippen LogP contribution in [0.1, 0.15) is 24.2 Å². The van der Waals surface area contributed by atoms with E-state index >= 15 is 0 Å². The molecule has 1 aliphatic rings. The molecule has 21 heavy (non-hydrogen) atoms. The summed E-state index contributed by atoms with van der Waals surface area (Å²) >= 11 is 0. The molecule has 0 aliphatic carbocycles. The van der Waals surface area contributed by atoms with Crippen molar-refractivity contribution in [1.29, 1.82) is 0 Å². The summed E-state index contributed by atoms with van der Waals surface area (Å²) < 4.78 is 5.75. The van der Waals surface area contributed by atoms with Crippen molar-refractivity contribution in [3.63, 3.8) is 0 Å². The number of anilines is 1. The van der Waals surface area contributed by atoms with Gasteiger partial charge in [-0.3, -0.25) is 0 Å². The molecule has 1 saturated heterocycles. The normalized spacial score (nSPS) is 22.5. The maximum Gasteiger partial charge on any atom is 0.337 e. The Kier molecular flexibility index (Phi) is 3.51. The number of fused-ring (bicyclic) bond motifs is 1. The molecular formula is C16H18N2O3. The molecule has 110 valence electrons. The van der Waals surface area contributed by atoms with Crippen molar-refractivity contribution in [1.82, 2.24) is 4.98 Å². The number of aromatic carboxylic acids is 1. The van der Waals surface area contributed by atoms with Crippen LogP contribution in [0, 0.1) is 0 Å². The summed E-state index contributed by atoms with van der Waals surface area (Å²) in [5.74, 6) is -0.119. The third-order valence-corrected chi connectivity index (χ3v) is 3.72. The molecule has 0 radical (unpaired) electrons. The van der Waals surface area contributed by atoms with Crippen molar-refractivity contribution >= 4 is 22.6 Å². The molecule has 0 bridgehead atoms. The molecule has 2 heterocycles. The molecule has 1 fully saturated rings. The van der Waals surface area contributed by atoms with Gasteiger partial charge in [0, 0.05) is 30.1 Å². The molecule has 5 heteroatoms. The first-order valence-corrected chi connectivity index (χ1v) is 7.07. The fourth-order valence-electron chi connectivity index (χ4n) is 2.95. The number of ether oxygens (including phenoxy) is 1. The molecule has 1 N–H and O–H groups in total. The number of aromatic nitrogens is 1. The highest BCUT2D eigenvalue weighted by atomic mass is 16.5. The van der Waals surface area contributed by atoms with Crippen LogP contribution in [-0.4, -0.2) is 41.4 Å². The molecule has 0 unspecified atom stereocenters. The van der Waals surface area contributed by atoms with Gasteiger partial charge in [0.15, 0.2) is 0 Å². The largest absolute Gasteiger partial charge is 0.478 e. The summed E-state index contributed by atoms with van der Waals surface area (Å²) in [7, 11) is 0. The molecule has 2 atom stereocenters. The van der Waals surface area contributed by atoms with E-state index in [1.807, 2.05) is 38.1 Å². The Hall–Kier alpha value is -2.14. The fourth-order valence-corrected chi connectivity index (χ4v) is 2.95. The number of rotatable bonds is 2. The number of hydrogen-bond acceptors (Lipinski definition) is 4. The SMILES string of the molecule is C[C@@H]1CN(c2ncc(C(=O)O)c3ccccc23)C[C@H](C)O1. The topological polar surface area (TPSA) is 62.7 Å². The number of hydrogen-bond donors (Lipinski definition) is 1. The van der Waals surface area contributed by atoms with Gasteiger partial charge in [-0.05, 0) is 13.8 Å². The van der Waals surface area contributed by atoms with Crippen molar-refractivity contribution in [2.24, 2.45) is 0 Å². The van der Waals surface area contributed by atoms with Crippen molar-refractivity contribution in [2.45, 2.75) is 26.1 Å². The van der Waals surface area contributed by atoms with Gasteiger partial charge in [0.25, 0.3) is 0 Å². The minimum atomic E-state index is -0.950. The Morgan fingerprint density at radius 3 is 2.48 bits per heavy atom. The minimum absolute atomic E-state index is 0.133. The number of carboxylic acids is 1. The molecule has 1 aliphatic heterocycles. The molecular weight excluding hydrogens is 268 g/mol. The van der Waals surface area contributed by atoms with Crippen molar-refractivity contribution in [3.05, 3.63) is 36.0 Å². The monoisotopic (exact) mass is 286 g/mol. The lowest BCUT2D eigenvalue weighted by molar-refractivity contribution is -0.00537. The van der Waals surface area contributed by atoms with Gasteiger partial charge < -0.3 is 14.7 Å². The second kappa shape index (κ2) is 5.33. The number of benzene rings is 1. The average Bonchev–Trinajstić information content (AvgIpc) is 2.44. The van der Waals surface area contributed by atoms with Gasteiger partial charge in [0.1, 0.15) is 5.82 Å². The lowest BCUT2D eigenvalue weighted by Gasteiger charge is -2.36. The summed E-state index contributed by atoms with van der Waals surface area (Å²) in [6, 6.07) is 7.52. The van der Waals surface area contributed by atoms with Crippen LogP contribution in [0.4, 0.5) is 5.82 Å². The Bertz CT molecular complexity index is 676. The van der Waals surface area contributed by atoms with Crippen LogP contribution in [0.25, 0.3) is 10.8 Å². The van der Waals surface area contributed by atoms with E-state index < -0.39 is 5.97 Å². The van der Waals surface area contributed by atoms with E-state index in [0.29, 0.717) is 0 Å². The number of carboxylic acid groups (broad SMARTS) is 1. The van der Waals surface area contributed by atoms with E-state index in [-0.39, 0.29) is 17.8 Å². The van der Waals surface area contributed by atoms with Gasteiger partial charge in [-0.25, -0.2) is 9.78 Å². The van der Waals surface area contributed by atoms with E-state index in [0.717, 1.165) is 29.7 Å². The first-order valence-electron chi connectivity index (χ1n) is 7.07. The van der Waals surface area contributed by atoms with Crippen LogP contribution >= 0.6 is 0 Å². The highest BCUT2D eigenvalue weighted by Gasteiger charge is 2.25. The average molecular weight is 286 g/mol. The van der Waals surface area contributed by atoms with E-state index in [1.54, 1.807) is 0 Å². The zero-order chi connectivity index (χ0) is 15.0. The maximum absolute atomic E-state index is 11.3. The number of nitrogens with zero attached hydrogens (tertiary/aromatic N) is 2. The fraction of sp³-hybridized carbons (Fsp3) is 0.375. The lowest BCUT2D eigenvalue weighted by Crippen LogP contribution is -2.46. The summed E-state index contributed by atoms with van der Waals surface area (Å²) in [5, 5.41) is 10.9. The van der Waals surface area contributed by atoms with Gasteiger partial charge in [0.2, 0.25) is 0 Å². The van der Waals surface area contributed by atoms with Crippen LogP contribution in [0.15, 0.2) is 30.5 Å².